The molecule has 2 aromatic rings. The molecule has 1 saturated heterocycles. The number of nitriles is 1. The molecule has 30 heavy (non-hydrogen) atoms. The van der Waals surface area contributed by atoms with Gasteiger partial charge >= 0.3 is 0 Å². The molecule has 2 aromatic carbocycles. The lowest BCUT2D eigenvalue weighted by Gasteiger charge is -2.38. The highest BCUT2D eigenvalue weighted by Gasteiger charge is 2.28. The van der Waals surface area contributed by atoms with E-state index in [-0.39, 0.29) is 16.6 Å². The zero-order valence-corrected chi connectivity index (χ0v) is 17.7. The summed E-state index contributed by atoms with van der Waals surface area (Å²) in [5, 5.41) is 23.7. The molecule has 10 heteroatoms. The van der Waals surface area contributed by atoms with Crippen molar-refractivity contribution in [2.24, 2.45) is 0 Å². The maximum Gasteiger partial charge on any atom is 0.294 e. The maximum atomic E-state index is 12.6. The molecule has 3 rings (SSSR count). The van der Waals surface area contributed by atoms with Crippen molar-refractivity contribution in [1.29, 1.82) is 5.26 Å². The highest BCUT2D eigenvalue weighted by Crippen LogP contribution is 2.31. The van der Waals surface area contributed by atoms with E-state index in [2.05, 4.69) is 5.32 Å². The van der Waals surface area contributed by atoms with Gasteiger partial charge in [0.25, 0.3) is 5.69 Å². The van der Waals surface area contributed by atoms with E-state index in [1.54, 1.807) is 37.3 Å². The van der Waals surface area contributed by atoms with Crippen LogP contribution in [0.15, 0.2) is 36.4 Å². The SMILES string of the molecule is CC(C(=O)Nc1ccc(C#N)c(Cl)c1)N1CCN(c2ccc(Cl)cc2[N+](=O)[O-])CC1. The predicted octanol–water partition coefficient (Wildman–Crippen LogP) is 3.92. The Morgan fingerprint density at radius 3 is 2.50 bits per heavy atom. The molecule has 0 spiro atoms. The number of benzene rings is 2. The molecule has 1 heterocycles. The average molecular weight is 448 g/mol. The number of piperazine rings is 1. The van der Waals surface area contributed by atoms with Crippen molar-refractivity contribution in [1.82, 2.24) is 4.90 Å². The number of hydrogen-bond donors (Lipinski definition) is 1. The van der Waals surface area contributed by atoms with Gasteiger partial charge in [0, 0.05) is 43.0 Å². The second-order valence-corrected chi connectivity index (χ2v) is 7.73. The van der Waals surface area contributed by atoms with Crippen molar-refractivity contribution in [3.05, 3.63) is 62.1 Å². The number of nitrogens with one attached hydrogen (secondary N) is 1. The van der Waals surface area contributed by atoms with E-state index in [1.807, 2.05) is 15.9 Å². The van der Waals surface area contributed by atoms with E-state index < -0.39 is 11.0 Å². The lowest BCUT2D eigenvalue weighted by molar-refractivity contribution is -0.384. The standard InChI is InChI=1S/C20H19Cl2N5O3/c1-13(20(28)24-16-4-2-14(12-23)17(22)11-16)25-6-8-26(9-7-25)18-5-3-15(21)10-19(18)27(29)30/h2-5,10-11,13H,6-9H2,1H3,(H,24,28). The van der Waals surface area contributed by atoms with Crippen molar-refractivity contribution < 1.29 is 9.72 Å². The Balaban J connectivity index is 1.62. The summed E-state index contributed by atoms with van der Waals surface area (Å²) >= 11 is 11.9. The number of rotatable bonds is 5. The van der Waals surface area contributed by atoms with Crippen LogP contribution >= 0.6 is 23.2 Å². The number of carbonyl (C=O) groups excluding carboxylic acids is 1. The zero-order chi connectivity index (χ0) is 21.8. The van der Waals surface area contributed by atoms with Crippen molar-refractivity contribution in [2.75, 3.05) is 36.4 Å². The smallest absolute Gasteiger partial charge is 0.294 e. The summed E-state index contributed by atoms with van der Waals surface area (Å²) in [5.74, 6) is -0.193. The molecule has 8 nitrogen and oxygen atoms in total. The number of halogens is 2. The minimum absolute atomic E-state index is 0.0283. The van der Waals surface area contributed by atoms with E-state index >= 15 is 0 Å². The molecular weight excluding hydrogens is 429 g/mol. The third-order valence-electron chi connectivity index (χ3n) is 5.07. The van der Waals surface area contributed by atoms with Crippen LogP contribution in [0.3, 0.4) is 0 Å². The topological polar surface area (TPSA) is 103 Å². The van der Waals surface area contributed by atoms with Gasteiger partial charge in [0.2, 0.25) is 5.91 Å². The first-order chi connectivity index (χ1) is 14.3. The van der Waals surface area contributed by atoms with Crippen LogP contribution in [-0.2, 0) is 4.79 Å². The first-order valence-electron chi connectivity index (χ1n) is 9.23. The molecular formula is C20H19Cl2N5O3. The maximum absolute atomic E-state index is 12.6. The highest BCUT2D eigenvalue weighted by molar-refractivity contribution is 6.32. The minimum atomic E-state index is -0.438. The monoisotopic (exact) mass is 447 g/mol. The van der Waals surface area contributed by atoms with Gasteiger partial charge in [-0.1, -0.05) is 23.2 Å². The van der Waals surface area contributed by atoms with Crippen LogP contribution < -0.4 is 10.2 Å². The third kappa shape index (κ3) is 4.82. The molecule has 156 valence electrons. The molecule has 0 radical (unpaired) electrons. The molecule has 0 saturated carbocycles. The predicted molar refractivity (Wildman–Crippen MR) is 116 cm³/mol. The number of nitro groups is 1. The molecule has 1 atom stereocenters. The van der Waals surface area contributed by atoms with Gasteiger partial charge in [-0.25, -0.2) is 0 Å². The van der Waals surface area contributed by atoms with E-state index in [0.717, 1.165) is 0 Å². The molecule has 0 aliphatic carbocycles. The summed E-state index contributed by atoms with van der Waals surface area (Å²) in [5.41, 5.74) is 1.36. The fourth-order valence-corrected chi connectivity index (χ4v) is 3.75. The van der Waals surface area contributed by atoms with Crippen molar-refractivity contribution >= 4 is 46.2 Å². The van der Waals surface area contributed by atoms with Gasteiger partial charge in [-0.05, 0) is 37.3 Å². The summed E-state index contributed by atoms with van der Waals surface area (Å²) in [6, 6.07) is 10.9. The summed E-state index contributed by atoms with van der Waals surface area (Å²) in [7, 11) is 0. The van der Waals surface area contributed by atoms with Gasteiger partial charge in [-0.2, -0.15) is 5.26 Å². The second kappa shape index (κ2) is 9.30. The number of amides is 1. The largest absolute Gasteiger partial charge is 0.363 e. The fourth-order valence-electron chi connectivity index (χ4n) is 3.36. The molecule has 1 unspecified atom stereocenters. The van der Waals surface area contributed by atoms with Gasteiger partial charge in [0.05, 0.1) is 21.6 Å². The highest BCUT2D eigenvalue weighted by atomic mass is 35.5. The number of nitrogens with zero attached hydrogens (tertiary/aromatic N) is 4. The Kier molecular flexibility index (Phi) is 6.77. The van der Waals surface area contributed by atoms with Crippen molar-refractivity contribution in [3.8, 4) is 6.07 Å². The number of hydrogen-bond acceptors (Lipinski definition) is 6. The van der Waals surface area contributed by atoms with Crippen LogP contribution in [0.25, 0.3) is 0 Å². The first-order valence-corrected chi connectivity index (χ1v) is 9.99. The average Bonchev–Trinajstić information content (AvgIpc) is 2.73. The van der Waals surface area contributed by atoms with E-state index in [9.17, 15) is 14.9 Å². The lowest BCUT2D eigenvalue weighted by atomic mass is 10.1. The molecule has 0 aromatic heterocycles. The molecule has 1 aliphatic heterocycles. The molecule has 1 fully saturated rings. The van der Waals surface area contributed by atoms with Gasteiger partial charge in [0.1, 0.15) is 11.8 Å². The Morgan fingerprint density at radius 1 is 1.20 bits per heavy atom. The van der Waals surface area contributed by atoms with Crippen LogP contribution in [0.1, 0.15) is 12.5 Å². The van der Waals surface area contributed by atoms with Gasteiger partial charge < -0.3 is 10.2 Å². The molecule has 1 aliphatic rings. The zero-order valence-electron chi connectivity index (χ0n) is 16.1. The Bertz CT molecular complexity index is 1020. The molecule has 1 amide bonds. The number of nitro benzene ring substituents is 1. The quantitative estimate of drug-likeness (QED) is 0.550. The molecule has 1 N–H and O–H groups in total. The summed E-state index contributed by atoms with van der Waals surface area (Å²) in [6.07, 6.45) is 0. The third-order valence-corrected chi connectivity index (χ3v) is 5.62. The number of anilines is 2. The lowest BCUT2D eigenvalue weighted by Crippen LogP contribution is -2.53. The van der Waals surface area contributed by atoms with E-state index in [0.29, 0.717) is 48.1 Å². The Hall–Kier alpha value is -2.86. The normalized spacial score (nSPS) is 15.3. The van der Waals surface area contributed by atoms with E-state index in [1.165, 1.54) is 6.07 Å². The van der Waals surface area contributed by atoms with Crippen LogP contribution in [0.5, 0.6) is 0 Å². The summed E-state index contributed by atoms with van der Waals surface area (Å²) in [6.45, 7) is 4.04. The second-order valence-electron chi connectivity index (χ2n) is 6.88. The minimum Gasteiger partial charge on any atom is -0.363 e. The Labute approximate surface area is 183 Å². The van der Waals surface area contributed by atoms with Crippen LogP contribution in [0.4, 0.5) is 17.1 Å². The Morgan fingerprint density at radius 2 is 1.90 bits per heavy atom. The van der Waals surface area contributed by atoms with E-state index in [4.69, 9.17) is 28.5 Å². The van der Waals surface area contributed by atoms with Crippen molar-refractivity contribution in [2.45, 2.75) is 13.0 Å². The van der Waals surface area contributed by atoms with Gasteiger partial charge in [-0.3, -0.25) is 19.8 Å². The fraction of sp³-hybridized carbons (Fsp3) is 0.300. The number of carbonyl (C=O) groups is 1. The summed E-state index contributed by atoms with van der Waals surface area (Å²) in [4.78, 5) is 27.5. The van der Waals surface area contributed by atoms with Crippen LogP contribution in [-0.4, -0.2) is 48.0 Å². The van der Waals surface area contributed by atoms with Crippen LogP contribution in [0.2, 0.25) is 10.0 Å². The van der Waals surface area contributed by atoms with Crippen molar-refractivity contribution in [3.63, 3.8) is 0 Å². The summed E-state index contributed by atoms with van der Waals surface area (Å²) < 4.78 is 0. The van der Waals surface area contributed by atoms with Crippen LogP contribution in [0, 0.1) is 21.4 Å². The van der Waals surface area contributed by atoms with Gasteiger partial charge in [-0.15, -0.1) is 0 Å². The van der Waals surface area contributed by atoms with Gasteiger partial charge in [0.15, 0.2) is 0 Å². The first kappa shape index (κ1) is 21.8. The molecule has 0 bridgehead atoms.